The fourth-order valence-electron chi connectivity index (χ4n) is 0.802. The van der Waals surface area contributed by atoms with Crippen LogP contribution in [0.4, 0.5) is 4.79 Å². The summed E-state index contributed by atoms with van der Waals surface area (Å²) in [7, 11) is 1.65. The Morgan fingerprint density at radius 3 is 2.75 bits per heavy atom. The number of methoxy groups -OCH3 is 1. The lowest BCUT2D eigenvalue weighted by molar-refractivity contribution is 0.184. The van der Waals surface area contributed by atoms with Crippen molar-refractivity contribution in [1.82, 2.24) is 10.6 Å². The van der Waals surface area contributed by atoms with Gasteiger partial charge in [-0.2, -0.15) is 0 Å². The van der Waals surface area contributed by atoms with Gasteiger partial charge in [-0.05, 0) is 20.3 Å². The summed E-state index contributed by atoms with van der Waals surface area (Å²) >= 11 is 0. The Morgan fingerprint density at radius 1 is 1.58 bits per heavy atom. The maximum absolute atomic E-state index is 11.0. The van der Waals surface area contributed by atoms with Gasteiger partial charge in [-0.3, -0.25) is 0 Å². The molecule has 1 unspecified atom stereocenters. The van der Waals surface area contributed by atoms with E-state index >= 15 is 0 Å². The molecule has 72 valence electrons. The van der Waals surface area contributed by atoms with Crippen molar-refractivity contribution in [3.05, 3.63) is 0 Å². The molecule has 4 nitrogen and oxygen atoms in total. The van der Waals surface area contributed by atoms with Gasteiger partial charge in [-0.25, -0.2) is 4.79 Å². The Hall–Kier alpha value is -0.770. The molecule has 0 heterocycles. The van der Waals surface area contributed by atoms with Gasteiger partial charge >= 0.3 is 6.03 Å². The number of amides is 2. The monoisotopic (exact) mass is 174 g/mol. The van der Waals surface area contributed by atoms with Gasteiger partial charge in [0.05, 0.1) is 0 Å². The molecule has 1 atom stereocenters. The number of ether oxygens (including phenoxy) is 1. The Bertz CT molecular complexity index is 128. The normalized spacial score (nSPS) is 12.2. The highest BCUT2D eigenvalue weighted by atomic mass is 16.5. The maximum atomic E-state index is 11.0. The summed E-state index contributed by atoms with van der Waals surface area (Å²) in [5.74, 6) is 0. The molecule has 0 rings (SSSR count). The second kappa shape index (κ2) is 6.91. The zero-order valence-corrected chi connectivity index (χ0v) is 8.02. The second-order valence-corrected chi connectivity index (χ2v) is 2.69. The summed E-state index contributed by atoms with van der Waals surface area (Å²) < 4.78 is 4.88. The van der Waals surface area contributed by atoms with Crippen LogP contribution in [0.1, 0.15) is 20.3 Å². The zero-order valence-electron chi connectivity index (χ0n) is 8.02. The molecule has 0 saturated carbocycles. The molecular weight excluding hydrogens is 156 g/mol. The van der Waals surface area contributed by atoms with E-state index < -0.39 is 0 Å². The highest BCUT2D eigenvalue weighted by molar-refractivity contribution is 5.73. The summed E-state index contributed by atoms with van der Waals surface area (Å²) in [4.78, 5) is 11.0. The first-order chi connectivity index (χ1) is 5.70. The van der Waals surface area contributed by atoms with Gasteiger partial charge in [0.2, 0.25) is 0 Å². The van der Waals surface area contributed by atoms with E-state index in [2.05, 4.69) is 10.6 Å². The average Bonchev–Trinajstić information content (AvgIpc) is 2.01. The predicted molar refractivity (Wildman–Crippen MR) is 48.2 cm³/mol. The maximum Gasteiger partial charge on any atom is 0.314 e. The highest BCUT2D eigenvalue weighted by Gasteiger charge is 2.04. The molecule has 0 aromatic heterocycles. The SMILES string of the molecule is CCNC(=O)NC(C)CCOC. The molecule has 2 amide bonds. The van der Waals surface area contributed by atoms with Crippen LogP contribution in [-0.2, 0) is 4.74 Å². The minimum Gasteiger partial charge on any atom is -0.385 e. The number of rotatable bonds is 5. The van der Waals surface area contributed by atoms with Crippen LogP contribution in [0.2, 0.25) is 0 Å². The van der Waals surface area contributed by atoms with Crippen LogP contribution < -0.4 is 10.6 Å². The van der Waals surface area contributed by atoms with Gasteiger partial charge < -0.3 is 15.4 Å². The van der Waals surface area contributed by atoms with Crippen LogP contribution in [0.3, 0.4) is 0 Å². The Morgan fingerprint density at radius 2 is 2.25 bits per heavy atom. The van der Waals surface area contributed by atoms with E-state index in [0.29, 0.717) is 13.2 Å². The predicted octanol–water partition coefficient (Wildman–Crippen LogP) is 0.730. The molecule has 12 heavy (non-hydrogen) atoms. The molecule has 0 aliphatic heterocycles. The van der Waals surface area contributed by atoms with Crippen molar-refractivity contribution in [2.45, 2.75) is 26.3 Å². The number of hydrogen-bond acceptors (Lipinski definition) is 2. The standard InChI is InChI=1S/C8H18N2O2/c1-4-9-8(11)10-7(2)5-6-12-3/h7H,4-6H2,1-3H3,(H2,9,10,11). The van der Waals surface area contributed by atoms with Gasteiger partial charge in [-0.15, -0.1) is 0 Å². The zero-order chi connectivity index (χ0) is 9.40. The van der Waals surface area contributed by atoms with Gasteiger partial charge in [0.1, 0.15) is 0 Å². The van der Waals surface area contributed by atoms with E-state index in [-0.39, 0.29) is 12.1 Å². The third-order valence-corrected chi connectivity index (χ3v) is 1.47. The van der Waals surface area contributed by atoms with E-state index in [9.17, 15) is 4.79 Å². The summed E-state index contributed by atoms with van der Waals surface area (Å²) in [5, 5.41) is 5.45. The van der Waals surface area contributed by atoms with Crippen molar-refractivity contribution < 1.29 is 9.53 Å². The van der Waals surface area contributed by atoms with Crippen LogP contribution in [0.15, 0.2) is 0 Å². The third-order valence-electron chi connectivity index (χ3n) is 1.47. The summed E-state index contributed by atoms with van der Waals surface area (Å²) in [6, 6.07) is 0.0533. The van der Waals surface area contributed by atoms with E-state index in [1.165, 1.54) is 0 Å². The van der Waals surface area contributed by atoms with Crippen molar-refractivity contribution in [3.63, 3.8) is 0 Å². The van der Waals surface area contributed by atoms with E-state index in [4.69, 9.17) is 4.74 Å². The van der Waals surface area contributed by atoms with E-state index in [1.807, 2.05) is 13.8 Å². The van der Waals surface area contributed by atoms with Crippen molar-refractivity contribution in [1.29, 1.82) is 0 Å². The summed E-state index contributed by atoms with van der Waals surface area (Å²) in [6.45, 7) is 5.17. The van der Waals surface area contributed by atoms with Crippen molar-refractivity contribution in [2.24, 2.45) is 0 Å². The minimum absolute atomic E-state index is 0.110. The summed E-state index contributed by atoms with van der Waals surface area (Å²) in [6.07, 6.45) is 0.841. The van der Waals surface area contributed by atoms with Crippen molar-refractivity contribution >= 4 is 6.03 Å². The molecule has 0 aromatic carbocycles. The molecule has 0 aliphatic rings. The van der Waals surface area contributed by atoms with Crippen molar-refractivity contribution in [3.8, 4) is 0 Å². The smallest absolute Gasteiger partial charge is 0.314 e. The minimum atomic E-state index is -0.110. The number of nitrogens with one attached hydrogen (secondary N) is 2. The molecule has 0 spiro atoms. The summed E-state index contributed by atoms with van der Waals surface area (Å²) in [5.41, 5.74) is 0. The second-order valence-electron chi connectivity index (χ2n) is 2.69. The van der Waals surface area contributed by atoms with Crippen molar-refractivity contribution in [2.75, 3.05) is 20.3 Å². The molecule has 0 bridgehead atoms. The first kappa shape index (κ1) is 11.2. The third kappa shape index (κ3) is 5.97. The van der Waals surface area contributed by atoms with E-state index in [0.717, 1.165) is 6.42 Å². The lowest BCUT2D eigenvalue weighted by Crippen LogP contribution is -2.40. The molecule has 0 fully saturated rings. The molecule has 0 radical (unpaired) electrons. The lowest BCUT2D eigenvalue weighted by Gasteiger charge is -2.13. The number of urea groups is 1. The van der Waals surface area contributed by atoms with Crippen LogP contribution in [0.25, 0.3) is 0 Å². The Balaban J connectivity index is 3.40. The van der Waals surface area contributed by atoms with Gasteiger partial charge in [0.15, 0.2) is 0 Å². The highest BCUT2D eigenvalue weighted by Crippen LogP contribution is 1.89. The lowest BCUT2D eigenvalue weighted by atomic mass is 10.2. The number of carbonyl (C=O) groups is 1. The first-order valence-electron chi connectivity index (χ1n) is 4.24. The van der Waals surface area contributed by atoms with Crippen LogP contribution in [0.5, 0.6) is 0 Å². The topological polar surface area (TPSA) is 50.4 Å². The fraction of sp³-hybridized carbons (Fsp3) is 0.875. The first-order valence-corrected chi connectivity index (χ1v) is 4.24. The molecular formula is C8H18N2O2. The van der Waals surface area contributed by atoms with Crippen LogP contribution in [0, 0.1) is 0 Å². The molecule has 4 heteroatoms. The van der Waals surface area contributed by atoms with E-state index in [1.54, 1.807) is 7.11 Å². The Labute approximate surface area is 73.7 Å². The van der Waals surface area contributed by atoms with Gasteiger partial charge in [0, 0.05) is 26.3 Å². The molecule has 2 N–H and O–H groups in total. The quantitative estimate of drug-likeness (QED) is 0.645. The number of carbonyl (C=O) groups excluding carboxylic acids is 1. The van der Waals surface area contributed by atoms with Gasteiger partial charge in [-0.1, -0.05) is 0 Å². The molecule has 0 aliphatic carbocycles. The molecule has 0 saturated heterocycles. The fourth-order valence-corrected chi connectivity index (χ4v) is 0.802. The number of hydrogen-bond donors (Lipinski definition) is 2. The van der Waals surface area contributed by atoms with Crippen LogP contribution >= 0.6 is 0 Å². The van der Waals surface area contributed by atoms with Crippen LogP contribution in [-0.4, -0.2) is 32.3 Å². The molecule has 0 aromatic rings. The van der Waals surface area contributed by atoms with Gasteiger partial charge in [0.25, 0.3) is 0 Å². The largest absolute Gasteiger partial charge is 0.385 e. The Kier molecular flexibility index (Phi) is 6.47. The average molecular weight is 174 g/mol.